The number of hydrogen-bond donors (Lipinski definition) is 2. The number of urea groups is 1. The number of hydrogen-bond acceptors (Lipinski definition) is 5. The van der Waals surface area contributed by atoms with Gasteiger partial charge in [0.15, 0.2) is 5.82 Å². The number of aromatic nitrogens is 2. The summed E-state index contributed by atoms with van der Waals surface area (Å²) in [4.78, 5) is 15.6. The number of para-hydroxylation sites is 1. The molecule has 2 amide bonds. The van der Waals surface area contributed by atoms with E-state index in [1.807, 2.05) is 24.3 Å². The van der Waals surface area contributed by atoms with Crippen molar-refractivity contribution < 1.29 is 14.1 Å². The number of ether oxygens (including phenoxy) is 1. The number of methoxy groups -OCH3 is 1. The highest BCUT2D eigenvalue weighted by molar-refractivity contribution is 5.73. The first-order chi connectivity index (χ1) is 9.69. The molecule has 0 spiro atoms. The van der Waals surface area contributed by atoms with Crippen LogP contribution in [-0.4, -0.2) is 23.3 Å². The Hall–Kier alpha value is -2.57. The molecule has 2 N–H and O–H groups in total. The van der Waals surface area contributed by atoms with E-state index < -0.39 is 0 Å². The van der Waals surface area contributed by atoms with Crippen molar-refractivity contribution in [3.63, 3.8) is 0 Å². The quantitative estimate of drug-likeness (QED) is 0.861. The van der Waals surface area contributed by atoms with E-state index in [-0.39, 0.29) is 12.6 Å². The first kappa shape index (κ1) is 13.9. The van der Waals surface area contributed by atoms with Gasteiger partial charge in [0.1, 0.15) is 5.75 Å². The molecule has 1 heterocycles. The predicted octanol–water partition coefficient (Wildman–Crippen LogP) is 1.39. The van der Waals surface area contributed by atoms with Crippen LogP contribution in [0.15, 0.2) is 28.8 Å². The largest absolute Gasteiger partial charge is 0.496 e. The zero-order valence-electron chi connectivity index (χ0n) is 11.3. The fraction of sp³-hybridized carbons (Fsp3) is 0.308. The van der Waals surface area contributed by atoms with Gasteiger partial charge < -0.3 is 19.9 Å². The van der Waals surface area contributed by atoms with Gasteiger partial charge in [-0.1, -0.05) is 23.4 Å². The molecule has 20 heavy (non-hydrogen) atoms. The van der Waals surface area contributed by atoms with Gasteiger partial charge in [-0.3, -0.25) is 0 Å². The van der Waals surface area contributed by atoms with Gasteiger partial charge in [-0.25, -0.2) is 4.79 Å². The molecule has 0 saturated carbocycles. The lowest BCUT2D eigenvalue weighted by molar-refractivity contribution is 0.238. The smallest absolute Gasteiger partial charge is 0.315 e. The summed E-state index contributed by atoms with van der Waals surface area (Å²) in [5.74, 6) is 1.64. The van der Waals surface area contributed by atoms with Crippen LogP contribution in [0.4, 0.5) is 4.79 Å². The molecule has 0 bridgehead atoms. The number of amides is 2. The summed E-state index contributed by atoms with van der Waals surface area (Å²) in [6.45, 7) is 2.28. The lowest BCUT2D eigenvalue weighted by Crippen LogP contribution is -2.34. The van der Waals surface area contributed by atoms with Crippen LogP contribution in [0.5, 0.6) is 5.75 Å². The molecule has 2 aromatic rings. The summed E-state index contributed by atoms with van der Waals surface area (Å²) in [5.41, 5.74) is 0.902. The molecule has 7 nitrogen and oxygen atoms in total. The minimum Gasteiger partial charge on any atom is -0.496 e. The molecular weight excluding hydrogens is 260 g/mol. The average molecular weight is 276 g/mol. The summed E-state index contributed by atoms with van der Waals surface area (Å²) < 4.78 is 10.1. The maximum absolute atomic E-state index is 11.6. The van der Waals surface area contributed by atoms with E-state index in [4.69, 9.17) is 9.26 Å². The summed E-state index contributed by atoms with van der Waals surface area (Å²) in [6, 6.07) is 7.18. The van der Waals surface area contributed by atoms with Gasteiger partial charge in [0.05, 0.1) is 13.7 Å². The van der Waals surface area contributed by atoms with Crippen LogP contribution in [0.1, 0.15) is 17.3 Å². The maximum atomic E-state index is 11.6. The summed E-state index contributed by atoms with van der Waals surface area (Å²) in [5, 5.41) is 9.00. The average Bonchev–Trinajstić information content (AvgIpc) is 2.89. The van der Waals surface area contributed by atoms with Crippen LogP contribution < -0.4 is 15.4 Å². The molecule has 0 radical (unpaired) electrons. The predicted molar refractivity (Wildman–Crippen MR) is 71.1 cm³/mol. The number of aryl methyl sites for hydroxylation is 1. The molecule has 0 aliphatic heterocycles. The van der Waals surface area contributed by atoms with Gasteiger partial charge in [-0.15, -0.1) is 0 Å². The number of benzene rings is 1. The molecule has 2 rings (SSSR count). The van der Waals surface area contributed by atoms with Crippen molar-refractivity contribution in [1.29, 1.82) is 0 Å². The molecule has 0 atom stereocenters. The first-order valence-electron chi connectivity index (χ1n) is 6.12. The Morgan fingerprint density at radius 1 is 1.30 bits per heavy atom. The molecule has 0 unspecified atom stereocenters. The number of nitrogens with zero attached hydrogens (tertiary/aromatic N) is 2. The monoisotopic (exact) mass is 276 g/mol. The second-order valence-corrected chi connectivity index (χ2v) is 4.08. The van der Waals surface area contributed by atoms with E-state index >= 15 is 0 Å². The minimum absolute atomic E-state index is 0.193. The van der Waals surface area contributed by atoms with Crippen molar-refractivity contribution in [3.8, 4) is 5.75 Å². The lowest BCUT2D eigenvalue weighted by atomic mass is 10.2. The third-order valence-corrected chi connectivity index (χ3v) is 2.60. The van der Waals surface area contributed by atoms with Crippen LogP contribution in [-0.2, 0) is 13.1 Å². The molecule has 1 aromatic heterocycles. The number of carbonyl (C=O) groups excluding carboxylic acids is 1. The third kappa shape index (κ3) is 3.71. The van der Waals surface area contributed by atoms with Gasteiger partial charge in [-0.05, 0) is 13.0 Å². The SMILES string of the molecule is COc1ccccc1CNC(=O)NCc1nc(C)no1. The standard InChI is InChI=1S/C13H16N4O3/c1-9-16-12(20-17-9)8-15-13(18)14-7-10-5-3-4-6-11(10)19-2/h3-6H,7-8H2,1-2H3,(H2,14,15,18). The zero-order valence-corrected chi connectivity index (χ0v) is 11.3. The van der Waals surface area contributed by atoms with E-state index in [9.17, 15) is 4.79 Å². The summed E-state index contributed by atoms with van der Waals surface area (Å²) in [7, 11) is 1.59. The second-order valence-electron chi connectivity index (χ2n) is 4.08. The Morgan fingerprint density at radius 2 is 2.05 bits per heavy atom. The normalized spacial score (nSPS) is 10.1. The highest BCUT2D eigenvalue weighted by Gasteiger charge is 2.07. The minimum atomic E-state index is -0.313. The number of carbonyl (C=O) groups is 1. The van der Waals surface area contributed by atoms with Gasteiger partial charge in [-0.2, -0.15) is 4.98 Å². The van der Waals surface area contributed by atoms with Gasteiger partial charge >= 0.3 is 6.03 Å². The molecule has 0 saturated heterocycles. The van der Waals surface area contributed by atoms with Gasteiger partial charge in [0, 0.05) is 12.1 Å². The van der Waals surface area contributed by atoms with Crippen molar-refractivity contribution in [1.82, 2.24) is 20.8 Å². The van der Waals surface area contributed by atoms with Crippen LogP contribution >= 0.6 is 0 Å². The van der Waals surface area contributed by atoms with E-state index in [1.165, 1.54) is 0 Å². The highest BCUT2D eigenvalue weighted by Crippen LogP contribution is 2.16. The van der Waals surface area contributed by atoms with Crippen molar-refractivity contribution >= 4 is 6.03 Å². The maximum Gasteiger partial charge on any atom is 0.315 e. The van der Waals surface area contributed by atoms with E-state index in [2.05, 4.69) is 20.8 Å². The molecular formula is C13H16N4O3. The Bertz CT molecular complexity index is 583. The van der Waals surface area contributed by atoms with Crippen molar-refractivity contribution in [2.24, 2.45) is 0 Å². The first-order valence-corrected chi connectivity index (χ1v) is 6.12. The van der Waals surface area contributed by atoms with E-state index in [0.29, 0.717) is 18.3 Å². The molecule has 106 valence electrons. The Labute approximate surface area is 116 Å². The van der Waals surface area contributed by atoms with Crippen molar-refractivity contribution in [3.05, 3.63) is 41.5 Å². The molecule has 0 aliphatic carbocycles. The third-order valence-electron chi connectivity index (χ3n) is 2.60. The molecule has 7 heteroatoms. The Morgan fingerprint density at radius 3 is 2.75 bits per heavy atom. The molecule has 1 aromatic carbocycles. The van der Waals surface area contributed by atoms with Crippen LogP contribution in [0.25, 0.3) is 0 Å². The fourth-order valence-electron chi connectivity index (χ4n) is 1.65. The molecule has 0 aliphatic rings. The van der Waals surface area contributed by atoms with Crippen molar-refractivity contribution in [2.45, 2.75) is 20.0 Å². The summed E-state index contributed by atoms with van der Waals surface area (Å²) in [6.07, 6.45) is 0. The van der Waals surface area contributed by atoms with Crippen molar-refractivity contribution in [2.75, 3.05) is 7.11 Å². The Kier molecular flexibility index (Phi) is 4.54. The van der Waals surface area contributed by atoms with Crippen LogP contribution in [0, 0.1) is 6.92 Å². The van der Waals surface area contributed by atoms with Gasteiger partial charge in [0.2, 0.25) is 5.89 Å². The topological polar surface area (TPSA) is 89.3 Å². The molecule has 0 fully saturated rings. The zero-order chi connectivity index (χ0) is 14.4. The van der Waals surface area contributed by atoms with Crippen LogP contribution in [0.2, 0.25) is 0 Å². The van der Waals surface area contributed by atoms with Crippen LogP contribution in [0.3, 0.4) is 0 Å². The summed E-state index contributed by atoms with van der Waals surface area (Å²) >= 11 is 0. The highest BCUT2D eigenvalue weighted by atomic mass is 16.5. The van der Waals surface area contributed by atoms with E-state index in [0.717, 1.165) is 11.3 Å². The van der Waals surface area contributed by atoms with E-state index in [1.54, 1.807) is 14.0 Å². The fourth-order valence-corrected chi connectivity index (χ4v) is 1.65. The number of rotatable bonds is 5. The Balaban J connectivity index is 1.80. The second kappa shape index (κ2) is 6.55. The number of nitrogens with one attached hydrogen (secondary N) is 2. The lowest BCUT2D eigenvalue weighted by Gasteiger charge is -2.09. The van der Waals surface area contributed by atoms with Gasteiger partial charge in [0.25, 0.3) is 0 Å².